The van der Waals surface area contributed by atoms with E-state index in [0.29, 0.717) is 12.1 Å². The Hall–Kier alpha value is -0.120. The van der Waals surface area contributed by atoms with E-state index in [2.05, 4.69) is 32.6 Å². The van der Waals surface area contributed by atoms with Gasteiger partial charge in [-0.1, -0.05) is 13.8 Å². The third-order valence-corrected chi connectivity index (χ3v) is 3.64. The van der Waals surface area contributed by atoms with Gasteiger partial charge in [-0.2, -0.15) is 0 Å². The van der Waals surface area contributed by atoms with Gasteiger partial charge in [-0.3, -0.25) is 4.90 Å². The van der Waals surface area contributed by atoms with Crippen molar-refractivity contribution in [1.82, 2.24) is 4.90 Å². The van der Waals surface area contributed by atoms with Crippen molar-refractivity contribution in [2.75, 3.05) is 19.8 Å². The first-order chi connectivity index (χ1) is 7.02. The first-order valence-electron chi connectivity index (χ1n) is 6.08. The number of nitrogens with zero attached hydrogens (tertiary/aromatic N) is 1. The van der Waals surface area contributed by atoms with E-state index in [-0.39, 0.29) is 0 Å². The highest BCUT2D eigenvalue weighted by Gasteiger charge is 2.32. The summed E-state index contributed by atoms with van der Waals surface area (Å²) in [7, 11) is 0. The van der Waals surface area contributed by atoms with Gasteiger partial charge < -0.3 is 9.84 Å². The maximum absolute atomic E-state index is 10.3. The minimum atomic E-state index is -0.528. The van der Waals surface area contributed by atoms with Gasteiger partial charge in [-0.25, -0.2) is 0 Å². The molecular weight excluding hydrogens is 190 g/mol. The van der Waals surface area contributed by atoms with Gasteiger partial charge in [0.15, 0.2) is 0 Å². The molecule has 90 valence electrons. The maximum atomic E-state index is 10.3. The summed E-state index contributed by atoms with van der Waals surface area (Å²) in [5, 5.41) is 10.3. The fourth-order valence-electron chi connectivity index (χ4n) is 2.16. The summed E-state index contributed by atoms with van der Waals surface area (Å²) in [6, 6.07) is 0.830. The van der Waals surface area contributed by atoms with Crippen molar-refractivity contribution in [3.63, 3.8) is 0 Å². The summed E-state index contributed by atoms with van der Waals surface area (Å²) in [6.07, 6.45) is 1.64. The van der Waals surface area contributed by atoms with Gasteiger partial charge in [-0.05, 0) is 26.7 Å². The zero-order valence-corrected chi connectivity index (χ0v) is 10.5. The summed E-state index contributed by atoms with van der Waals surface area (Å²) < 4.78 is 5.48. The molecule has 1 aliphatic heterocycles. The lowest BCUT2D eigenvalue weighted by Crippen LogP contribution is -2.55. The molecule has 0 saturated carbocycles. The molecule has 2 atom stereocenters. The summed E-state index contributed by atoms with van der Waals surface area (Å²) in [5.41, 5.74) is -0.528. The summed E-state index contributed by atoms with van der Waals surface area (Å²) in [4.78, 5) is 2.37. The van der Waals surface area contributed by atoms with E-state index in [0.717, 1.165) is 32.6 Å². The minimum absolute atomic E-state index is 0.415. The van der Waals surface area contributed by atoms with E-state index in [1.54, 1.807) is 0 Å². The van der Waals surface area contributed by atoms with E-state index >= 15 is 0 Å². The molecule has 3 nitrogen and oxygen atoms in total. The SMILES string of the molecule is CCC(O)(CC)CN1C(C)COCC1C. The van der Waals surface area contributed by atoms with Crippen molar-refractivity contribution < 1.29 is 9.84 Å². The van der Waals surface area contributed by atoms with Crippen molar-refractivity contribution >= 4 is 0 Å². The number of aliphatic hydroxyl groups is 1. The minimum Gasteiger partial charge on any atom is -0.389 e. The van der Waals surface area contributed by atoms with Gasteiger partial charge >= 0.3 is 0 Å². The summed E-state index contributed by atoms with van der Waals surface area (Å²) >= 11 is 0. The number of hydrogen-bond acceptors (Lipinski definition) is 3. The highest BCUT2D eigenvalue weighted by Crippen LogP contribution is 2.21. The molecule has 0 amide bonds. The smallest absolute Gasteiger partial charge is 0.0769 e. The maximum Gasteiger partial charge on any atom is 0.0769 e. The summed E-state index contributed by atoms with van der Waals surface area (Å²) in [6.45, 7) is 10.8. The number of hydrogen-bond donors (Lipinski definition) is 1. The third kappa shape index (κ3) is 3.16. The lowest BCUT2D eigenvalue weighted by Gasteiger charge is -2.43. The largest absolute Gasteiger partial charge is 0.389 e. The molecule has 1 saturated heterocycles. The molecular formula is C12H25NO2. The van der Waals surface area contributed by atoms with Crippen LogP contribution in [0.25, 0.3) is 0 Å². The van der Waals surface area contributed by atoms with Crippen LogP contribution in [-0.4, -0.2) is 47.4 Å². The van der Waals surface area contributed by atoms with Crippen molar-refractivity contribution in [1.29, 1.82) is 0 Å². The number of β-amino-alcohol motifs (C(OH)–C–C–N with tert-alkyl or cyclic N) is 1. The fraction of sp³-hybridized carbons (Fsp3) is 1.00. The standard InChI is InChI=1S/C12H25NO2/c1-5-12(14,6-2)9-13-10(3)7-15-8-11(13)4/h10-11,14H,5-9H2,1-4H3. The molecule has 1 N–H and O–H groups in total. The van der Waals surface area contributed by atoms with Gasteiger partial charge in [0.25, 0.3) is 0 Å². The molecule has 0 bridgehead atoms. The van der Waals surface area contributed by atoms with E-state index in [1.165, 1.54) is 0 Å². The van der Waals surface area contributed by atoms with Crippen molar-refractivity contribution in [2.45, 2.75) is 58.2 Å². The molecule has 0 spiro atoms. The Kier molecular flexibility index (Phi) is 4.56. The van der Waals surface area contributed by atoms with E-state index in [9.17, 15) is 5.11 Å². The van der Waals surface area contributed by atoms with Crippen molar-refractivity contribution in [2.24, 2.45) is 0 Å². The number of rotatable bonds is 4. The first kappa shape index (κ1) is 12.9. The second-order valence-electron chi connectivity index (χ2n) is 4.84. The van der Waals surface area contributed by atoms with Gasteiger partial charge in [0, 0.05) is 18.6 Å². The fourth-order valence-corrected chi connectivity index (χ4v) is 2.16. The van der Waals surface area contributed by atoms with Crippen LogP contribution in [0.1, 0.15) is 40.5 Å². The molecule has 15 heavy (non-hydrogen) atoms. The molecule has 0 aromatic carbocycles. The second-order valence-corrected chi connectivity index (χ2v) is 4.84. The van der Waals surface area contributed by atoms with Gasteiger partial charge in [0.2, 0.25) is 0 Å². The monoisotopic (exact) mass is 215 g/mol. The van der Waals surface area contributed by atoms with Crippen LogP contribution in [0.15, 0.2) is 0 Å². The molecule has 0 aliphatic carbocycles. The Morgan fingerprint density at radius 3 is 2.07 bits per heavy atom. The predicted octanol–water partition coefficient (Wildman–Crippen LogP) is 1.65. The van der Waals surface area contributed by atoms with Gasteiger partial charge in [-0.15, -0.1) is 0 Å². The van der Waals surface area contributed by atoms with Gasteiger partial charge in [0.05, 0.1) is 18.8 Å². The van der Waals surface area contributed by atoms with E-state index in [4.69, 9.17) is 4.74 Å². The van der Waals surface area contributed by atoms with Crippen LogP contribution in [0.5, 0.6) is 0 Å². The molecule has 1 rings (SSSR count). The van der Waals surface area contributed by atoms with Crippen molar-refractivity contribution in [3.05, 3.63) is 0 Å². The van der Waals surface area contributed by atoms with E-state index in [1.807, 2.05) is 0 Å². The molecule has 1 heterocycles. The molecule has 0 radical (unpaired) electrons. The topological polar surface area (TPSA) is 32.7 Å². The predicted molar refractivity (Wildman–Crippen MR) is 62.0 cm³/mol. The summed E-state index contributed by atoms with van der Waals surface area (Å²) in [5.74, 6) is 0. The van der Waals surface area contributed by atoms with Crippen LogP contribution in [0.3, 0.4) is 0 Å². The Bertz CT molecular complexity index is 182. The van der Waals surface area contributed by atoms with Crippen LogP contribution < -0.4 is 0 Å². The Morgan fingerprint density at radius 1 is 1.20 bits per heavy atom. The average Bonchev–Trinajstić information content (AvgIpc) is 2.23. The number of morpholine rings is 1. The second kappa shape index (κ2) is 5.28. The molecule has 2 unspecified atom stereocenters. The van der Waals surface area contributed by atoms with Crippen LogP contribution in [0.4, 0.5) is 0 Å². The lowest BCUT2D eigenvalue weighted by atomic mass is 9.95. The highest BCUT2D eigenvalue weighted by molar-refractivity contribution is 4.86. The van der Waals surface area contributed by atoms with Crippen LogP contribution in [0, 0.1) is 0 Å². The number of ether oxygens (including phenoxy) is 1. The molecule has 0 aromatic heterocycles. The Balaban J connectivity index is 2.61. The zero-order valence-electron chi connectivity index (χ0n) is 10.5. The Morgan fingerprint density at radius 2 is 1.67 bits per heavy atom. The zero-order chi connectivity index (χ0) is 11.5. The Labute approximate surface area is 93.4 Å². The van der Waals surface area contributed by atoms with Crippen LogP contribution in [-0.2, 0) is 4.74 Å². The van der Waals surface area contributed by atoms with Crippen LogP contribution in [0.2, 0.25) is 0 Å². The van der Waals surface area contributed by atoms with E-state index < -0.39 is 5.60 Å². The average molecular weight is 215 g/mol. The molecule has 1 aliphatic rings. The third-order valence-electron chi connectivity index (χ3n) is 3.64. The first-order valence-corrected chi connectivity index (χ1v) is 6.08. The lowest BCUT2D eigenvalue weighted by molar-refractivity contribution is -0.0833. The highest BCUT2D eigenvalue weighted by atomic mass is 16.5. The molecule has 1 fully saturated rings. The quantitative estimate of drug-likeness (QED) is 0.774. The molecule has 0 aromatic rings. The van der Waals surface area contributed by atoms with Crippen LogP contribution >= 0.6 is 0 Å². The normalized spacial score (nSPS) is 29.4. The van der Waals surface area contributed by atoms with Gasteiger partial charge in [0.1, 0.15) is 0 Å². The van der Waals surface area contributed by atoms with Crippen molar-refractivity contribution in [3.8, 4) is 0 Å². The molecule has 3 heteroatoms.